The van der Waals surface area contributed by atoms with Gasteiger partial charge in [0.1, 0.15) is 11.6 Å². The van der Waals surface area contributed by atoms with E-state index in [9.17, 15) is 9.18 Å². The molecule has 2 aliphatic rings. The second kappa shape index (κ2) is 8.14. The number of rotatable bonds is 3. The molecular formula is C21H26FN5O. The first-order valence-electron chi connectivity index (χ1n) is 9.79. The maximum Gasteiger partial charge on any atom is 0.254 e. The lowest BCUT2D eigenvalue weighted by molar-refractivity contribution is 0.0746. The Morgan fingerprint density at radius 2 is 1.54 bits per heavy atom. The first-order valence-corrected chi connectivity index (χ1v) is 9.79. The number of piperazine rings is 2. The Balaban J connectivity index is 1.38. The predicted molar refractivity (Wildman–Crippen MR) is 108 cm³/mol. The summed E-state index contributed by atoms with van der Waals surface area (Å²) >= 11 is 0. The molecule has 7 heteroatoms. The van der Waals surface area contributed by atoms with Gasteiger partial charge in [-0.05, 0) is 43.4 Å². The highest BCUT2D eigenvalue weighted by atomic mass is 19.1. The monoisotopic (exact) mass is 383 g/mol. The van der Waals surface area contributed by atoms with E-state index in [0.717, 1.165) is 50.8 Å². The van der Waals surface area contributed by atoms with Gasteiger partial charge in [-0.2, -0.15) is 0 Å². The first kappa shape index (κ1) is 18.7. The van der Waals surface area contributed by atoms with E-state index in [4.69, 9.17) is 0 Å². The van der Waals surface area contributed by atoms with Gasteiger partial charge in [-0.15, -0.1) is 0 Å². The molecule has 2 aliphatic heterocycles. The maximum atomic E-state index is 13.1. The molecule has 2 fully saturated rings. The van der Waals surface area contributed by atoms with Crippen LogP contribution >= 0.6 is 0 Å². The van der Waals surface area contributed by atoms with Crippen LogP contribution in [0.1, 0.15) is 10.4 Å². The minimum atomic E-state index is -0.230. The van der Waals surface area contributed by atoms with Gasteiger partial charge in [0, 0.05) is 69.8 Å². The molecule has 1 aromatic carbocycles. The molecule has 6 nitrogen and oxygen atoms in total. The molecule has 148 valence electrons. The molecule has 28 heavy (non-hydrogen) atoms. The van der Waals surface area contributed by atoms with Crippen LogP contribution in [0.2, 0.25) is 0 Å². The van der Waals surface area contributed by atoms with Crippen molar-refractivity contribution >= 4 is 17.4 Å². The average molecular weight is 383 g/mol. The Labute approximate surface area is 165 Å². The lowest BCUT2D eigenvalue weighted by Gasteiger charge is -2.36. The number of nitrogens with zero attached hydrogens (tertiary/aromatic N) is 5. The van der Waals surface area contributed by atoms with Gasteiger partial charge in [0.15, 0.2) is 0 Å². The summed E-state index contributed by atoms with van der Waals surface area (Å²) in [4.78, 5) is 26.1. The number of carbonyl (C=O) groups excluding carboxylic acids is 1. The van der Waals surface area contributed by atoms with Crippen molar-refractivity contribution in [3.63, 3.8) is 0 Å². The van der Waals surface area contributed by atoms with Crippen molar-refractivity contribution < 1.29 is 9.18 Å². The number of halogens is 1. The Morgan fingerprint density at radius 1 is 0.893 bits per heavy atom. The lowest BCUT2D eigenvalue weighted by atomic mass is 10.2. The standard InChI is InChI=1S/C21H26FN5O/c1-24-8-10-26(11-9-24)20-16-17(6-7-23-20)21(28)27-14-12-25(13-15-27)19-4-2-18(22)3-5-19/h2-7,16H,8-15H2,1H3. The topological polar surface area (TPSA) is 42.9 Å². The van der Waals surface area contributed by atoms with E-state index in [1.807, 2.05) is 11.0 Å². The zero-order valence-corrected chi connectivity index (χ0v) is 16.2. The number of amides is 1. The molecule has 2 aromatic rings. The van der Waals surface area contributed by atoms with Crippen LogP contribution in [-0.4, -0.2) is 80.1 Å². The molecule has 3 heterocycles. The first-order chi connectivity index (χ1) is 13.6. The third kappa shape index (κ3) is 4.09. The normalized spacial score (nSPS) is 18.4. The van der Waals surface area contributed by atoms with Crippen LogP contribution in [0.25, 0.3) is 0 Å². The van der Waals surface area contributed by atoms with Crippen molar-refractivity contribution in [3.05, 3.63) is 54.0 Å². The van der Waals surface area contributed by atoms with Crippen LogP contribution in [0.5, 0.6) is 0 Å². The van der Waals surface area contributed by atoms with Crippen LogP contribution in [0.4, 0.5) is 15.9 Å². The van der Waals surface area contributed by atoms with E-state index in [-0.39, 0.29) is 11.7 Å². The Kier molecular flexibility index (Phi) is 5.43. The van der Waals surface area contributed by atoms with Crippen LogP contribution in [0.3, 0.4) is 0 Å². The quantitative estimate of drug-likeness (QED) is 0.810. The minimum Gasteiger partial charge on any atom is -0.368 e. The van der Waals surface area contributed by atoms with E-state index in [1.165, 1.54) is 12.1 Å². The van der Waals surface area contributed by atoms with E-state index in [0.29, 0.717) is 18.7 Å². The fourth-order valence-corrected chi connectivity index (χ4v) is 3.76. The molecule has 0 N–H and O–H groups in total. The van der Waals surface area contributed by atoms with Crippen molar-refractivity contribution in [2.24, 2.45) is 0 Å². The fourth-order valence-electron chi connectivity index (χ4n) is 3.76. The number of likely N-dealkylation sites (N-methyl/N-ethyl adjacent to an activating group) is 1. The molecule has 0 unspecified atom stereocenters. The Bertz CT molecular complexity index is 812. The highest BCUT2D eigenvalue weighted by Gasteiger charge is 2.23. The van der Waals surface area contributed by atoms with E-state index in [2.05, 4.69) is 26.7 Å². The summed E-state index contributed by atoms with van der Waals surface area (Å²) in [6.07, 6.45) is 1.73. The Hall–Kier alpha value is -2.67. The number of hydrogen-bond donors (Lipinski definition) is 0. The van der Waals surface area contributed by atoms with E-state index < -0.39 is 0 Å². The predicted octanol–water partition coefficient (Wildman–Crippen LogP) is 1.93. The number of benzene rings is 1. The van der Waals surface area contributed by atoms with Gasteiger partial charge < -0.3 is 19.6 Å². The van der Waals surface area contributed by atoms with Gasteiger partial charge in [0.25, 0.3) is 5.91 Å². The van der Waals surface area contributed by atoms with E-state index >= 15 is 0 Å². The number of pyridine rings is 1. The van der Waals surface area contributed by atoms with Crippen molar-refractivity contribution in [1.82, 2.24) is 14.8 Å². The molecule has 0 atom stereocenters. The fraction of sp³-hybridized carbons (Fsp3) is 0.429. The molecule has 0 spiro atoms. The van der Waals surface area contributed by atoms with Crippen LogP contribution in [-0.2, 0) is 0 Å². The third-order valence-electron chi connectivity index (χ3n) is 5.58. The van der Waals surface area contributed by atoms with Gasteiger partial charge in [-0.25, -0.2) is 9.37 Å². The molecular weight excluding hydrogens is 357 g/mol. The summed E-state index contributed by atoms with van der Waals surface area (Å²) in [7, 11) is 2.12. The second-order valence-corrected chi connectivity index (χ2v) is 7.45. The summed E-state index contributed by atoms with van der Waals surface area (Å²) in [5.41, 5.74) is 1.69. The van der Waals surface area contributed by atoms with Crippen molar-refractivity contribution in [2.45, 2.75) is 0 Å². The van der Waals surface area contributed by atoms with Gasteiger partial charge in [0.2, 0.25) is 0 Å². The van der Waals surface area contributed by atoms with Gasteiger partial charge in [0.05, 0.1) is 0 Å². The van der Waals surface area contributed by atoms with Crippen molar-refractivity contribution in [3.8, 4) is 0 Å². The SMILES string of the molecule is CN1CCN(c2cc(C(=O)N3CCN(c4ccc(F)cc4)CC3)ccn2)CC1. The summed E-state index contributed by atoms with van der Waals surface area (Å²) in [6, 6.07) is 10.2. The van der Waals surface area contributed by atoms with Crippen LogP contribution in [0.15, 0.2) is 42.6 Å². The van der Waals surface area contributed by atoms with Gasteiger partial charge in [-0.1, -0.05) is 0 Å². The molecule has 1 amide bonds. The van der Waals surface area contributed by atoms with E-state index in [1.54, 1.807) is 24.4 Å². The summed E-state index contributed by atoms with van der Waals surface area (Å²) in [5, 5.41) is 0. The van der Waals surface area contributed by atoms with Gasteiger partial charge in [-0.3, -0.25) is 4.79 Å². The number of anilines is 2. The molecule has 2 saturated heterocycles. The number of hydrogen-bond acceptors (Lipinski definition) is 5. The average Bonchev–Trinajstić information content (AvgIpc) is 2.74. The second-order valence-electron chi connectivity index (χ2n) is 7.45. The van der Waals surface area contributed by atoms with Gasteiger partial charge >= 0.3 is 0 Å². The summed E-state index contributed by atoms with van der Waals surface area (Å²) in [5.74, 6) is 0.701. The molecule has 0 saturated carbocycles. The zero-order valence-electron chi connectivity index (χ0n) is 16.2. The lowest BCUT2D eigenvalue weighted by Crippen LogP contribution is -2.49. The molecule has 4 rings (SSSR count). The molecule has 0 bridgehead atoms. The van der Waals surface area contributed by atoms with Crippen LogP contribution < -0.4 is 9.80 Å². The number of aromatic nitrogens is 1. The molecule has 0 radical (unpaired) electrons. The third-order valence-corrected chi connectivity index (χ3v) is 5.58. The highest BCUT2D eigenvalue weighted by Crippen LogP contribution is 2.20. The number of carbonyl (C=O) groups is 1. The van der Waals surface area contributed by atoms with Crippen LogP contribution in [0, 0.1) is 5.82 Å². The Morgan fingerprint density at radius 3 is 2.21 bits per heavy atom. The smallest absolute Gasteiger partial charge is 0.254 e. The van der Waals surface area contributed by atoms with Crippen molar-refractivity contribution in [2.75, 3.05) is 69.2 Å². The molecule has 0 aliphatic carbocycles. The maximum absolute atomic E-state index is 13.1. The summed E-state index contributed by atoms with van der Waals surface area (Å²) < 4.78 is 13.1. The molecule has 1 aromatic heterocycles. The highest BCUT2D eigenvalue weighted by molar-refractivity contribution is 5.95. The van der Waals surface area contributed by atoms with Crippen molar-refractivity contribution in [1.29, 1.82) is 0 Å². The largest absolute Gasteiger partial charge is 0.368 e. The minimum absolute atomic E-state index is 0.0523. The summed E-state index contributed by atoms with van der Waals surface area (Å²) in [6.45, 7) is 6.66. The zero-order chi connectivity index (χ0) is 19.5.